The van der Waals surface area contributed by atoms with E-state index in [4.69, 9.17) is 4.98 Å². The Morgan fingerprint density at radius 2 is 1.90 bits per heavy atom. The topological polar surface area (TPSA) is 50.7 Å². The molecule has 1 aromatic carbocycles. The van der Waals surface area contributed by atoms with Crippen molar-refractivity contribution in [2.45, 2.75) is 13.3 Å². The Morgan fingerprint density at radius 3 is 2.71 bits per heavy atom. The summed E-state index contributed by atoms with van der Waals surface area (Å²) in [4.78, 5) is 13.4. The molecular formula is C16H16N4S. The van der Waals surface area contributed by atoms with Crippen molar-refractivity contribution in [1.29, 1.82) is 0 Å². The standard InChI is InChI=1S/C16H16N4S/c1-2-17-16-13(18-8-9-19-16)10-15-20-14(11-21-15)12-6-4-3-5-7-12/h3-9,11H,2,10H2,1H3,(H,17,19). The van der Waals surface area contributed by atoms with E-state index in [1.165, 1.54) is 0 Å². The Bertz CT molecular complexity index is 709. The van der Waals surface area contributed by atoms with Gasteiger partial charge in [0.2, 0.25) is 0 Å². The van der Waals surface area contributed by atoms with Crippen LogP contribution in [-0.2, 0) is 6.42 Å². The lowest BCUT2D eigenvalue weighted by Crippen LogP contribution is -2.05. The van der Waals surface area contributed by atoms with Crippen LogP contribution in [0.15, 0.2) is 48.1 Å². The molecule has 106 valence electrons. The third-order valence-electron chi connectivity index (χ3n) is 3.06. The molecule has 5 heteroatoms. The summed E-state index contributed by atoms with van der Waals surface area (Å²) in [5.74, 6) is 0.844. The first kappa shape index (κ1) is 13.7. The number of nitrogens with one attached hydrogen (secondary N) is 1. The van der Waals surface area contributed by atoms with Crippen LogP contribution in [0.2, 0.25) is 0 Å². The molecule has 0 aliphatic carbocycles. The highest BCUT2D eigenvalue weighted by atomic mass is 32.1. The van der Waals surface area contributed by atoms with Crippen molar-refractivity contribution in [1.82, 2.24) is 15.0 Å². The first-order valence-corrected chi connectivity index (χ1v) is 7.78. The lowest BCUT2D eigenvalue weighted by atomic mass is 10.2. The average Bonchev–Trinajstić information content (AvgIpc) is 2.99. The summed E-state index contributed by atoms with van der Waals surface area (Å²) in [7, 11) is 0. The number of anilines is 1. The minimum absolute atomic E-state index is 0.702. The second-order valence-electron chi connectivity index (χ2n) is 4.55. The third-order valence-corrected chi connectivity index (χ3v) is 3.91. The van der Waals surface area contributed by atoms with Gasteiger partial charge in [-0.25, -0.2) is 9.97 Å². The molecule has 2 aromatic heterocycles. The van der Waals surface area contributed by atoms with Gasteiger partial charge < -0.3 is 5.32 Å². The number of hydrogen-bond acceptors (Lipinski definition) is 5. The van der Waals surface area contributed by atoms with E-state index in [9.17, 15) is 0 Å². The van der Waals surface area contributed by atoms with E-state index in [0.717, 1.165) is 34.3 Å². The minimum atomic E-state index is 0.702. The monoisotopic (exact) mass is 296 g/mol. The van der Waals surface area contributed by atoms with Gasteiger partial charge in [0.25, 0.3) is 0 Å². The van der Waals surface area contributed by atoms with Crippen molar-refractivity contribution in [3.63, 3.8) is 0 Å². The molecule has 0 unspecified atom stereocenters. The molecule has 0 saturated heterocycles. The Morgan fingerprint density at radius 1 is 1.10 bits per heavy atom. The molecule has 0 fully saturated rings. The van der Waals surface area contributed by atoms with Crippen LogP contribution in [0.5, 0.6) is 0 Å². The lowest BCUT2D eigenvalue weighted by molar-refractivity contribution is 1.00. The van der Waals surface area contributed by atoms with Crippen molar-refractivity contribution in [3.05, 3.63) is 58.8 Å². The van der Waals surface area contributed by atoms with Gasteiger partial charge in [-0.3, -0.25) is 4.98 Å². The summed E-state index contributed by atoms with van der Waals surface area (Å²) in [5, 5.41) is 6.38. The molecule has 0 spiro atoms. The number of rotatable bonds is 5. The minimum Gasteiger partial charge on any atom is -0.369 e. The summed E-state index contributed by atoms with van der Waals surface area (Å²) in [6, 6.07) is 10.2. The molecule has 0 saturated carbocycles. The predicted octanol–water partition coefficient (Wildman–Crippen LogP) is 3.62. The maximum atomic E-state index is 4.70. The molecule has 1 N–H and O–H groups in total. The third kappa shape index (κ3) is 3.25. The van der Waals surface area contributed by atoms with E-state index in [1.807, 2.05) is 18.2 Å². The highest BCUT2D eigenvalue weighted by Crippen LogP contribution is 2.24. The van der Waals surface area contributed by atoms with Crippen LogP contribution in [0.1, 0.15) is 17.6 Å². The average molecular weight is 296 g/mol. The molecule has 0 radical (unpaired) electrons. The summed E-state index contributed by atoms with van der Waals surface area (Å²) >= 11 is 1.66. The van der Waals surface area contributed by atoms with Crippen molar-refractivity contribution in [2.24, 2.45) is 0 Å². The van der Waals surface area contributed by atoms with Crippen molar-refractivity contribution in [3.8, 4) is 11.3 Å². The zero-order valence-corrected chi connectivity index (χ0v) is 12.6. The van der Waals surface area contributed by atoms with E-state index in [2.05, 4.69) is 39.7 Å². The fraction of sp³-hybridized carbons (Fsp3) is 0.188. The quantitative estimate of drug-likeness (QED) is 0.781. The van der Waals surface area contributed by atoms with Crippen LogP contribution in [-0.4, -0.2) is 21.5 Å². The van der Waals surface area contributed by atoms with Gasteiger partial charge in [-0.1, -0.05) is 30.3 Å². The Hall–Kier alpha value is -2.27. The largest absolute Gasteiger partial charge is 0.369 e. The highest BCUT2D eigenvalue weighted by molar-refractivity contribution is 7.10. The summed E-state index contributed by atoms with van der Waals surface area (Å²) in [6.07, 6.45) is 4.13. The molecule has 0 atom stereocenters. The molecule has 4 nitrogen and oxygen atoms in total. The van der Waals surface area contributed by atoms with Gasteiger partial charge >= 0.3 is 0 Å². The van der Waals surface area contributed by atoms with Crippen molar-refractivity contribution >= 4 is 17.2 Å². The molecule has 0 aliphatic rings. The van der Waals surface area contributed by atoms with E-state index < -0.39 is 0 Å². The number of thiazole rings is 1. The second kappa shape index (κ2) is 6.45. The molecule has 0 aliphatic heterocycles. The lowest BCUT2D eigenvalue weighted by Gasteiger charge is -2.06. The summed E-state index contributed by atoms with van der Waals surface area (Å²) in [5.41, 5.74) is 3.10. The smallest absolute Gasteiger partial charge is 0.148 e. The molecule has 0 bridgehead atoms. The Balaban J connectivity index is 1.82. The van der Waals surface area contributed by atoms with E-state index in [0.29, 0.717) is 6.42 Å². The van der Waals surface area contributed by atoms with Crippen LogP contribution >= 0.6 is 11.3 Å². The van der Waals surface area contributed by atoms with Crippen LogP contribution < -0.4 is 5.32 Å². The molecule has 3 rings (SSSR count). The fourth-order valence-electron chi connectivity index (χ4n) is 2.09. The zero-order chi connectivity index (χ0) is 14.5. The number of hydrogen-bond donors (Lipinski definition) is 1. The molecule has 3 aromatic rings. The Labute approximate surface area is 127 Å². The molecule has 2 heterocycles. The normalized spacial score (nSPS) is 10.5. The van der Waals surface area contributed by atoms with Gasteiger partial charge in [-0.15, -0.1) is 11.3 Å². The SMILES string of the molecule is CCNc1nccnc1Cc1nc(-c2ccccc2)cs1. The van der Waals surface area contributed by atoms with E-state index >= 15 is 0 Å². The molecular weight excluding hydrogens is 280 g/mol. The van der Waals surface area contributed by atoms with Gasteiger partial charge in [0, 0.05) is 36.3 Å². The van der Waals surface area contributed by atoms with Crippen LogP contribution in [0.25, 0.3) is 11.3 Å². The van der Waals surface area contributed by atoms with Crippen LogP contribution in [0.4, 0.5) is 5.82 Å². The van der Waals surface area contributed by atoms with Crippen LogP contribution in [0.3, 0.4) is 0 Å². The van der Waals surface area contributed by atoms with E-state index in [-0.39, 0.29) is 0 Å². The maximum Gasteiger partial charge on any atom is 0.148 e. The second-order valence-corrected chi connectivity index (χ2v) is 5.49. The predicted molar refractivity (Wildman–Crippen MR) is 86.6 cm³/mol. The number of nitrogens with zero attached hydrogens (tertiary/aromatic N) is 3. The van der Waals surface area contributed by atoms with Gasteiger partial charge in [-0.05, 0) is 6.92 Å². The first-order valence-electron chi connectivity index (χ1n) is 6.90. The van der Waals surface area contributed by atoms with Gasteiger partial charge in [0.05, 0.1) is 16.4 Å². The summed E-state index contributed by atoms with van der Waals surface area (Å²) in [6.45, 7) is 2.88. The van der Waals surface area contributed by atoms with Gasteiger partial charge in [-0.2, -0.15) is 0 Å². The van der Waals surface area contributed by atoms with Gasteiger partial charge in [0.15, 0.2) is 0 Å². The first-order chi connectivity index (χ1) is 10.4. The summed E-state index contributed by atoms with van der Waals surface area (Å²) < 4.78 is 0. The fourth-order valence-corrected chi connectivity index (χ4v) is 2.90. The maximum absolute atomic E-state index is 4.70. The van der Waals surface area contributed by atoms with Crippen molar-refractivity contribution in [2.75, 3.05) is 11.9 Å². The highest BCUT2D eigenvalue weighted by Gasteiger charge is 2.09. The van der Waals surface area contributed by atoms with Crippen molar-refractivity contribution < 1.29 is 0 Å². The Kier molecular flexibility index (Phi) is 4.21. The molecule has 0 amide bonds. The molecule has 21 heavy (non-hydrogen) atoms. The van der Waals surface area contributed by atoms with Gasteiger partial charge in [0.1, 0.15) is 5.82 Å². The number of benzene rings is 1. The zero-order valence-electron chi connectivity index (χ0n) is 11.8. The van der Waals surface area contributed by atoms with Crippen LogP contribution in [0, 0.1) is 0 Å². The number of aromatic nitrogens is 3. The van der Waals surface area contributed by atoms with E-state index in [1.54, 1.807) is 23.7 Å².